The number of hydrogen-bond acceptors (Lipinski definition) is 5. The lowest BCUT2D eigenvalue weighted by Gasteiger charge is -2.35. The van der Waals surface area contributed by atoms with Gasteiger partial charge in [0.15, 0.2) is 0 Å². The highest BCUT2D eigenvalue weighted by Gasteiger charge is 2.37. The Kier molecular flexibility index (Phi) is 4.11. The third kappa shape index (κ3) is 2.68. The number of aliphatic imine (C=N–C) groups is 1. The normalized spacial score (nSPS) is 20.5. The zero-order chi connectivity index (χ0) is 15.6. The van der Waals surface area contributed by atoms with Gasteiger partial charge in [-0.3, -0.25) is 4.99 Å². The topological polar surface area (TPSA) is 71.2 Å². The Morgan fingerprint density at radius 1 is 1.43 bits per heavy atom. The minimum Gasteiger partial charge on any atom is -0.461 e. The van der Waals surface area contributed by atoms with Gasteiger partial charge in [0.2, 0.25) is 5.71 Å². The number of carbonyl (C=O) groups excluding carboxylic acids is 1. The van der Waals surface area contributed by atoms with E-state index in [2.05, 4.69) is 17.1 Å². The average molecular weight is 288 g/mol. The summed E-state index contributed by atoms with van der Waals surface area (Å²) in [6.45, 7) is 8.00. The molecule has 5 nitrogen and oxygen atoms in total. The predicted molar refractivity (Wildman–Crippen MR) is 81.3 cm³/mol. The van der Waals surface area contributed by atoms with Crippen molar-refractivity contribution in [3.8, 4) is 0 Å². The molecule has 1 unspecified atom stereocenters. The van der Waals surface area contributed by atoms with Crippen molar-refractivity contribution >= 4 is 17.4 Å². The Bertz CT molecular complexity index is 618. The van der Waals surface area contributed by atoms with Gasteiger partial charge < -0.3 is 9.94 Å². The second-order valence-corrected chi connectivity index (χ2v) is 5.59. The van der Waals surface area contributed by atoms with Gasteiger partial charge >= 0.3 is 5.97 Å². The van der Waals surface area contributed by atoms with Gasteiger partial charge in [-0.15, -0.1) is 0 Å². The lowest BCUT2D eigenvalue weighted by Crippen LogP contribution is -2.38. The molecule has 0 saturated heterocycles. The van der Waals surface area contributed by atoms with E-state index in [-0.39, 0.29) is 18.2 Å². The molecule has 0 aliphatic carbocycles. The first kappa shape index (κ1) is 15.2. The van der Waals surface area contributed by atoms with Crippen LogP contribution in [0, 0.1) is 0 Å². The summed E-state index contributed by atoms with van der Waals surface area (Å²) in [7, 11) is 0. The second-order valence-electron chi connectivity index (χ2n) is 5.59. The number of carbonyl (C=O) groups is 1. The quantitative estimate of drug-likeness (QED) is 0.402. The van der Waals surface area contributed by atoms with Crippen LogP contribution in [0.2, 0.25) is 0 Å². The largest absolute Gasteiger partial charge is 0.461 e. The Morgan fingerprint density at radius 3 is 2.71 bits per heavy atom. The van der Waals surface area contributed by atoms with Crippen LogP contribution in [0.3, 0.4) is 0 Å². The first-order valence-corrected chi connectivity index (χ1v) is 7.01. The lowest BCUT2D eigenvalue weighted by molar-refractivity contribution is -0.134. The van der Waals surface area contributed by atoms with Gasteiger partial charge in [-0.25, -0.2) is 4.79 Å². The van der Waals surface area contributed by atoms with Crippen LogP contribution in [-0.4, -0.2) is 34.7 Å². The predicted octanol–water partition coefficient (Wildman–Crippen LogP) is 2.76. The molecule has 0 spiro atoms. The Morgan fingerprint density at radius 2 is 2.10 bits per heavy atom. The molecule has 1 N–H and O–H groups in total. The highest BCUT2D eigenvalue weighted by Crippen LogP contribution is 2.37. The van der Waals surface area contributed by atoms with E-state index in [4.69, 9.17) is 4.74 Å². The molecular weight excluding hydrogens is 268 g/mol. The number of nitrogens with zero attached hydrogens (tertiary/aromatic N) is 2. The van der Waals surface area contributed by atoms with Gasteiger partial charge in [0.05, 0.1) is 12.1 Å². The standard InChI is InChI=1S/C16H20N2O3/c1-5-21-15(19)14(18-20)13-12-9-7-6-8-11(12)10(2)16(3,4)17-13/h6-10,20H,5H2,1-4H3/b18-14+. The number of fused-ring (bicyclic) bond motifs is 1. The van der Waals surface area contributed by atoms with E-state index in [0.717, 1.165) is 11.1 Å². The number of oxime groups is 1. The van der Waals surface area contributed by atoms with Gasteiger partial charge in [0, 0.05) is 11.5 Å². The molecule has 0 aromatic heterocycles. The van der Waals surface area contributed by atoms with Crippen LogP contribution in [0.25, 0.3) is 0 Å². The van der Waals surface area contributed by atoms with E-state index in [0.29, 0.717) is 5.71 Å². The zero-order valence-corrected chi connectivity index (χ0v) is 12.8. The summed E-state index contributed by atoms with van der Waals surface area (Å²) >= 11 is 0. The van der Waals surface area contributed by atoms with Gasteiger partial charge in [-0.2, -0.15) is 0 Å². The summed E-state index contributed by atoms with van der Waals surface area (Å²) in [5.41, 5.74) is 1.73. The van der Waals surface area contributed by atoms with Crippen molar-refractivity contribution in [2.24, 2.45) is 10.1 Å². The molecule has 112 valence electrons. The molecule has 0 radical (unpaired) electrons. The summed E-state index contributed by atoms with van der Waals surface area (Å²) in [6.07, 6.45) is 0. The van der Waals surface area contributed by atoms with Crippen LogP contribution in [0.1, 0.15) is 44.7 Å². The number of hydrogen-bond donors (Lipinski definition) is 1. The Balaban J connectivity index is 2.58. The molecule has 21 heavy (non-hydrogen) atoms. The van der Waals surface area contributed by atoms with Crippen molar-refractivity contribution in [2.75, 3.05) is 6.61 Å². The molecule has 1 atom stereocenters. The van der Waals surface area contributed by atoms with Crippen molar-refractivity contribution < 1.29 is 14.7 Å². The van der Waals surface area contributed by atoms with E-state index in [1.807, 2.05) is 38.1 Å². The van der Waals surface area contributed by atoms with Crippen LogP contribution in [0.4, 0.5) is 0 Å². The molecule has 1 aromatic carbocycles. The van der Waals surface area contributed by atoms with E-state index in [9.17, 15) is 10.0 Å². The van der Waals surface area contributed by atoms with Gasteiger partial charge in [0.25, 0.3) is 0 Å². The van der Waals surface area contributed by atoms with Crippen molar-refractivity contribution in [2.45, 2.75) is 39.2 Å². The van der Waals surface area contributed by atoms with Gasteiger partial charge in [-0.1, -0.05) is 36.3 Å². The van der Waals surface area contributed by atoms with Crippen LogP contribution in [0.5, 0.6) is 0 Å². The molecule has 0 amide bonds. The van der Waals surface area contributed by atoms with Crippen molar-refractivity contribution in [1.29, 1.82) is 0 Å². The molecule has 0 bridgehead atoms. The van der Waals surface area contributed by atoms with Gasteiger partial charge in [0.1, 0.15) is 5.71 Å². The van der Waals surface area contributed by atoms with Crippen molar-refractivity contribution in [3.05, 3.63) is 35.4 Å². The first-order valence-electron chi connectivity index (χ1n) is 7.01. The lowest BCUT2D eigenvalue weighted by atomic mass is 9.77. The number of benzene rings is 1. The SMILES string of the molecule is CCOC(=O)/C(=N/O)C1=NC(C)(C)C(C)c2ccccc21. The minimum atomic E-state index is -0.668. The summed E-state index contributed by atoms with van der Waals surface area (Å²) in [6, 6.07) is 7.72. The molecule has 1 aromatic rings. The number of esters is 1. The highest BCUT2D eigenvalue weighted by molar-refractivity contribution is 6.69. The minimum absolute atomic E-state index is 0.149. The van der Waals surface area contributed by atoms with Crippen LogP contribution in [-0.2, 0) is 9.53 Å². The molecule has 1 aliphatic rings. The molecule has 1 aliphatic heterocycles. The average Bonchev–Trinajstić information content (AvgIpc) is 2.45. The van der Waals surface area contributed by atoms with Crippen molar-refractivity contribution in [3.63, 3.8) is 0 Å². The maximum absolute atomic E-state index is 12.0. The number of ether oxygens (including phenoxy) is 1. The fraction of sp³-hybridized carbons (Fsp3) is 0.438. The third-order valence-corrected chi connectivity index (χ3v) is 3.94. The van der Waals surface area contributed by atoms with E-state index in [1.165, 1.54) is 0 Å². The molecule has 0 saturated carbocycles. The molecule has 5 heteroatoms. The van der Waals surface area contributed by atoms with Crippen LogP contribution >= 0.6 is 0 Å². The van der Waals surface area contributed by atoms with Crippen molar-refractivity contribution in [1.82, 2.24) is 0 Å². The fourth-order valence-electron chi connectivity index (χ4n) is 2.48. The first-order chi connectivity index (χ1) is 9.92. The third-order valence-electron chi connectivity index (χ3n) is 3.94. The highest BCUT2D eigenvalue weighted by atomic mass is 16.5. The smallest absolute Gasteiger partial charge is 0.362 e. The Labute approximate surface area is 124 Å². The maximum atomic E-state index is 12.0. The molecular formula is C16H20N2O3. The summed E-state index contributed by atoms with van der Waals surface area (Å²) in [5.74, 6) is -0.474. The maximum Gasteiger partial charge on any atom is 0.362 e. The molecule has 1 heterocycles. The molecule has 0 fully saturated rings. The second kappa shape index (κ2) is 5.68. The summed E-state index contributed by atoms with van der Waals surface area (Å²) in [5, 5.41) is 12.4. The van der Waals surface area contributed by atoms with Crippen LogP contribution < -0.4 is 0 Å². The zero-order valence-electron chi connectivity index (χ0n) is 12.8. The summed E-state index contributed by atoms with van der Waals surface area (Å²) < 4.78 is 4.95. The summed E-state index contributed by atoms with van der Waals surface area (Å²) in [4.78, 5) is 16.6. The molecule has 2 rings (SSSR count). The van der Waals surface area contributed by atoms with Crippen LogP contribution in [0.15, 0.2) is 34.4 Å². The number of rotatable bonds is 3. The van der Waals surface area contributed by atoms with E-state index in [1.54, 1.807) is 6.92 Å². The van der Waals surface area contributed by atoms with E-state index >= 15 is 0 Å². The Hall–Kier alpha value is -2.17. The fourth-order valence-corrected chi connectivity index (χ4v) is 2.48. The van der Waals surface area contributed by atoms with Gasteiger partial charge in [-0.05, 0) is 26.3 Å². The monoisotopic (exact) mass is 288 g/mol. The van der Waals surface area contributed by atoms with E-state index < -0.39 is 11.5 Å².